The first-order valence-corrected chi connectivity index (χ1v) is 11.6. The highest BCUT2D eigenvalue weighted by Gasteiger charge is 2.54. The van der Waals surface area contributed by atoms with E-state index in [0.29, 0.717) is 0 Å². The molecule has 17 heteroatoms. The minimum atomic E-state index is -4.89. The van der Waals surface area contributed by atoms with Crippen molar-refractivity contribution in [3.05, 3.63) is 35.4 Å². The lowest BCUT2D eigenvalue weighted by atomic mass is 10.0. The van der Waals surface area contributed by atoms with Crippen molar-refractivity contribution >= 4 is 49.1 Å². The smallest absolute Gasteiger partial charge is 0.432 e. The Balaban J connectivity index is 1.72. The Kier molecular flexibility index (Phi) is 7.12. The number of nitrogens with zero attached hydrogens (tertiary/aromatic N) is 2. The summed E-state index contributed by atoms with van der Waals surface area (Å²) in [5.74, 6) is -2.90. The van der Waals surface area contributed by atoms with Crippen LogP contribution in [0.25, 0.3) is 0 Å². The molecule has 33 heavy (non-hydrogen) atoms. The summed E-state index contributed by atoms with van der Waals surface area (Å²) in [4.78, 5) is 71.5. The zero-order chi connectivity index (χ0) is 24.3. The number of amides is 3. The summed E-state index contributed by atoms with van der Waals surface area (Å²) in [7, 11) is -3.67. The number of carbonyl (C=O) groups excluding carboxylic acids is 3. The Hall–Kier alpha value is -3.33. The first-order valence-electron chi connectivity index (χ1n) is 8.90. The average Bonchev–Trinajstić information content (AvgIpc) is 3.26. The third-order valence-corrected chi connectivity index (χ3v) is 6.12. The van der Waals surface area contributed by atoms with Crippen molar-refractivity contribution in [2.24, 2.45) is 5.16 Å². The van der Waals surface area contributed by atoms with E-state index in [-0.39, 0.29) is 22.8 Å². The van der Waals surface area contributed by atoms with Crippen LogP contribution in [0.2, 0.25) is 0 Å². The lowest BCUT2D eigenvalue weighted by Crippen LogP contribution is -2.71. The molecular formula is C16H17N4O11PS. The highest BCUT2D eigenvalue weighted by molar-refractivity contribution is 8.00. The summed E-state index contributed by atoms with van der Waals surface area (Å²) in [5, 5.41) is 16.2. The molecular weight excluding hydrogens is 487 g/mol. The van der Waals surface area contributed by atoms with Crippen LogP contribution in [0.1, 0.15) is 5.76 Å². The molecule has 0 spiro atoms. The van der Waals surface area contributed by atoms with E-state index in [1.54, 1.807) is 0 Å². The maximum Gasteiger partial charge on any atom is 0.432 e. The second kappa shape index (κ2) is 9.66. The van der Waals surface area contributed by atoms with E-state index in [4.69, 9.17) is 14.2 Å². The minimum Gasteiger partial charge on any atom is -0.477 e. The summed E-state index contributed by atoms with van der Waals surface area (Å²) in [6, 6.07) is 1.91. The first kappa shape index (κ1) is 24.3. The van der Waals surface area contributed by atoms with Crippen molar-refractivity contribution in [2.45, 2.75) is 11.4 Å². The molecule has 0 aliphatic carbocycles. The summed E-state index contributed by atoms with van der Waals surface area (Å²) in [6.07, 6.45) is -0.148. The van der Waals surface area contributed by atoms with Crippen LogP contribution < -0.4 is 10.4 Å². The number of carbonyl (C=O) groups is 4. The molecule has 0 unspecified atom stereocenters. The molecule has 0 aromatic carbocycles. The van der Waals surface area contributed by atoms with Gasteiger partial charge in [-0.1, -0.05) is 5.16 Å². The molecule has 5 N–H and O–H groups in total. The van der Waals surface area contributed by atoms with Crippen molar-refractivity contribution in [3.63, 3.8) is 0 Å². The molecule has 178 valence electrons. The number of thioether (sulfide) groups is 1. The average molecular weight is 504 g/mol. The zero-order valence-corrected chi connectivity index (χ0v) is 18.4. The van der Waals surface area contributed by atoms with Crippen LogP contribution in [0.15, 0.2) is 39.2 Å². The van der Waals surface area contributed by atoms with E-state index < -0.39 is 55.3 Å². The molecule has 1 aromatic rings. The largest absolute Gasteiger partial charge is 0.477 e. The molecule has 3 amide bonds. The van der Waals surface area contributed by atoms with Gasteiger partial charge in [0.1, 0.15) is 30.8 Å². The van der Waals surface area contributed by atoms with Gasteiger partial charge in [-0.05, 0) is 12.1 Å². The third kappa shape index (κ3) is 5.36. The predicted octanol–water partition coefficient (Wildman–Crippen LogP) is -0.812. The minimum absolute atomic E-state index is 0.00282. The Morgan fingerprint density at radius 3 is 2.70 bits per heavy atom. The van der Waals surface area contributed by atoms with E-state index in [9.17, 15) is 28.8 Å². The molecule has 3 heterocycles. The number of rotatable bonds is 8. The molecule has 3 rings (SSSR count). The topological polar surface area (TPSA) is 217 Å². The van der Waals surface area contributed by atoms with E-state index in [0.717, 1.165) is 16.7 Å². The number of fused-ring (bicyclic) bond motifs is 1. The molecule has 2 aliphatic heterocycles. The SMILES string of the molecule is CO/N=C(\C(=O)N[C@@H]1C(=O)N2C(C(=O)O)=C(COC(=O)NP(=O)(O)O)CS[C@H]12)c1ccco1. The molecule has 0 saturated carbocycles. The number of ether oxygens (including phenoxy) is 1. The van der Waals surface area contributed by atoms with Crippen LogP contribution in [-0.4, -0.2) is 80.3 Å². The van der Waals surface area contributed by atoms with Gasteiger partial charge in [0.05, 0.1) is 6.26 Å². The van der Waals surface area contributed by atoms with Gasteiger partial charge in [-0.3, -0.25) is 14.5 Å². The van der Waals surface area contributed by atoms with E-state index in [1.165, 1.54) is 30.6 Å². The number of nitrogens with one attached hydrogen (secondary N) is 2. The van der Waals surface area contributed by atoms with Crippen LogP contribution in [0.5, 0.6) is 0 Å². The van der Waals surface area contributed by atoms with E-state index in [1.807, 2.05) is 0 Å². The Labute approximate surface area is 189 Å². The number of carboxylic acids is 1. The fourth-order valence-electron chi connectivity index (χ4n) is 3.01. The van der Waals surface area contributed by atoms with Gasteiger partial charge >= 0.3 is 19.8 Å². The van der Waals surface area contributed by atoms with Gasteiger partial charge < -0.3 is 34.2 Å². The Bertz CT molecular complexity index is 1080. The number of oxime groups is 1. The molecule has 1 aromatic heterocycles. The molecule has 2 aliphatic rings. The normalized spacial score (nSPS) is 20.5. The van der Waals surface area contributed by atoms with Crippen molar-refractivity contribution in [1.29, 1.82) is 0 Å². The number of hydrogen-bond acceptors (Lipinski definition) is 10. The lowest BCUT2D eigenvalue weighted by Gasteiger charge is -2.49. The number of hydrogen-bond donors (Lipinski definition) is 5. The molecule has 1 fully saturated rings. The fourth-order valence-corrected chi connectivity index (χ4v) is 4.64. The van der Waals surface area contributed by atoms with E-state index >= 15 is 0 Å². The van der Waals surface area contributed by atoms with Gasteiger partial charge in [0, 0.05) is 11.3 Å². The second-order valence-corrected chi connectivity index (χ2v) is 8.87. The summed E-state index contributed by atoms with van der Waals surface area (Å²) < 4.78 is 20.5. The van der Waals surface area contributed by atoms with Gasteiger partial charge in [0.15, 0.2) is 5.76 Å². The van der Waals surface area contributed by atoms with Crippen molar-refractivity contribution in [1.82, 2.24) is 15.3 Å². The van der Waals surface area contributed by atoms with Gasteiger partial charge in [0.25, 0.3) is 11.8 Å². The molecule has 2 atom stereocenters. The Morgan fingerprint density at radius 2 is 2.12 bits per heavy atom. The summed E-state index contributed by atoms with van der Waals surface area (Å²) >= 11 is 1.09. The van der Waals surface area contributed by atoms with Crippen LogP contribution in [0.3, 0.4) is 0 Å². The van der Waals surface area contributed by atoms with Crippen LogP contribution >= 0.6 is 19.5 Å². The van der Waals surface area contributed by atoms with Crippen molar-refractivity contribution in [2.75, 3.05) is 19.5 Å². The van der Waals surface area contributed by atoms with Crippen LogP contribution in [-0.2, 0) is 28.5 Å². The number of β-lactam (4-membered cyclic amide) rings is 1. The van der Waals surface area contributed by atoms with Gasteiger partial charge in [0.2, 0.25) is 5.71 Å². The molecule has 15 nitrogen and oxygen atoms in total. The fraction of sp³-hybridized carbons (Fsp3) is 0.312. The number of carboxylic acid groups (broad SMARTS) is 1. The zero-order valence-electron chi connectivity index (χ0n) is 16.7. The van der Waals surface area contributed by atoms with Crippen LogP contribution in [0, 0.1) is 0 Å². The van der Waals surface area contributed by atoms with Gasteiger partial charge in [-0.2, -0.15) is 0 Å². The van der Waals surface area contributed by atoms with Gasteiger partial charge in [-0.25, -0.2) is 19.2 Å². The molecule has 1 saturated heterocycles. The van der Waals surface area contributed by atoms with Crippen molar-refractivity contribution < 1.29 is 52.6 Å². The predicted molar refractivity (Wildman–Crippen MR) is 108 cm³/mol. The number of aliphatic carboxylic acids is 1. The highest BCUT2D eigenvalue weighted by atomic mass is 32.2. The standard InChI is InChI=1S/C16H17N4O11PS/c1-29-18-9(8-3-2-4-30-8)12(21)17-10-13(22)20-11(15(23)24)7(6-33-14(10)20)5-31-16(25)19-32(26,27)28/h2-4,10,14H,5-6H2,1H3,(H,17,21)(H,23,24)(H3,19,25,26,27,28)/b18-9-/t10-,14-/m1/s1. The van der Waals surface area contributed by atoms with E-state index in [2.05, 4.69) is 20.0 Å². The monoisotopic (exact) mass is 504 g/mol. The first-order chi connectivity index (χ1) is 15.5. The molecule has 0 bridgehead atoms. The summed E-state index contributed by atoms with van der Waals surface area (Å²) in [5.41, 5.74) is -0.649. The second-order valence-electron chi connectivity index (χ2n) is 6.45. The van der Waals surface area contributed by atoms with Gasteiger partial charge in [-0.15, -0.1) is 11.8 Å². The summed E-state index contributed by atoms with van der Waals surface area (Å²) in [6.45, 7) is -0.628. The Morgan fingerprint density at radius 1 is 1.39 bits per heavy atom. The van der Waals surface area contributed by atoms with Crippen LogP contribution in [0.4, 0.5) is 4.79 Å². The number of furan rings is 1. The molecule has 0 radical (unpaired) electrons. The quantitative estimate of drug-likeness (QED) is 0.127. The lowest BCUT2D eigenvalue weighted by molar-refractivity contribution is -0.150. The van der Waals surface area contributed by atoms with Crippen molar-refractivity contribution in [3.8, 4) is 0 Å². The third-order valence-electron chi connectivity index (χ3n) is 4.30. The maximum atomic E-state index is 12.7. The highest BCUT2D eigenvalue weighted by Crippen LogP contribution is 2.40. The maximum absolute atomic E-state index is 12.7.